The molecule has 0 N–H and O–H groups in total. The summed E-state index contributed by atoms with van der Waals surface area (Å²) in [6.45, 7) is 0. The molecule has 0 amide bonds. The normalized spacial score (nSPS) is 17.1. The van der Waals surface area contributed by atoms with Crippen molar-refractivity contribution in [3.05, 3.63) is 111 Å². The van der Waals surface area contributed by atoms with Crippen molar-refractivity contribution in [2.45, 2.75) is 18.1 Å². The van der Waals surface area contributed by atoms with Gasteiger partial charge in [0.2, 0.25) is 0 Å². The van der Waals surface area contributed by atoms with Gasteiger partial charge in [-0.15, -0.1) is 11.8 Å². The van der Waals surface area contributed by atoms with E-state index in [1.54, 1.807) is 6.07 Å². The summed E-state index contributed by atoms with van der Waals surface area (Å²) in [5, 5.41) is 1.16. The van der Waals surface area contributed by atoms with Crippen LogP contribution in [-0.2, 0) is 0 Å². The highest BCUT2D eigenvalue weighted by molar-refractivity contribution is 7.99. The summed E-state index contributed by atoms with van der Waals surface area (Å²) in [4.78, 5) is 4.64. The summed E-state index contributed by atoms with van der Waals surface area (Å²) in [6, 6.07) is 22.2. The highest BCUT2D eigenvalue weighted by atomic mass is 35.5. The van der Waals surface area contributed by atoms with E-state index in [-0.39, 0.29) is 5.02 Å². The molecule has 2 aliphatic rings. The highest BCUT2D eigenvalue weighted by Crippen LogP contribution is 2.45. The monoisotopic (exact) mass is 483 g/mol. The fourth-order valence-electron chi connectivity index (χ4n) is 4.43. The number of hydrogen-bond donors (Lipinski definition) is 0. The van der Waals surface area contributed by atoms with Crippen molar-refractivity contribution in [2.24, 2.45) is 5.92 Å². The van der Waals surface area contributed by atoms with Crippen LogP contribution in [0.1, 0.15) is 51.6 Å². The molecule has 0 aliphatic heterocycles. The van der Waals surface area contributed by atoms with Crippen molar-refractivity contribution in [3.63, 3.8) is 0 Å². The van der Waals surface area contributed by atoms with E-state index in [1.165, 1.54) is 46.9 Å². The van der Waals surface area contributed by atoms with E-state index in [1.807, 2.05) is 18.2 Å². The number of fused-ring (bicyclic) bond motifs is 3. The minimum absolute atomic E-state index is 0.0926. The number of hydrogen-bond acceptors (Lipinski definition) is 2. The molecule has 1 heterocycles. The van der Waals surface area contributed by atoms with E-state index >= 15 is 0 Å². The van der Waals surface area contributed by atoms with E-state index < -0.39 is 5.82 Å². The molecule has 1 nitrogen and oxygen atoms in total. The Morgan fingerprint density at radius 1 is 0.912 bits per heavy atom. The molecule has 1 atom stereocenters. The van der Waals surface area contributed by atoms with Crippen molar-refractivity contribution in [1.29, 1.82) is 0 Å². The predicted molar refractivity (Wildman–Crippen MR) is 144 cm³/mol. The molecule has 0 saturated heterocycles. The van der Waals surface area contributed by atoms with Gasteiger partial charge in [0.05, 0.1) is 21.5 Å². The molecule has 4 heteroatoms. The van der Waals surface area contributed by atoms with E-state index in [0.29, 0.717) is 10.8 Å². The molecule has 0 bridgehead atoms. The molecule has 1 aromatic heterocycles. The molecule has 4 aromatic rings. The van der Waals surface area contributed by atoms with E-state index in [4.69, 9.17) is 11.6 Å². The lowest BCUT2D eigenvalue weighted by molar-refractivity contribution is 0.630. The Morgan fingerprint density at radius 3 is 2.59 bits per heavy atom. The highest BCUT2D eigenvalue weighted by Gasteiger charge is 2.27. The van der Waals surface area contributed by atoms with Gasteiger partial charge in [-0.3, -0.25) is 0 Å². The molecule has 1 saturated carbocycles. The molecule has 34 heavy (non-hydrogen) atoms. The van der Waals surface area contributed by atoms with Gasteiger partial charge >= 0.3 is 0 Å². The van der Waals surface area contributed by atoms with E-state index in [9.17, 15) is 4.39 Å². The van der Waals surface area contributed by atoms with Crippen molar-refractivity contribution < 1.29 is 4.39 Å². The van der Waals surface area contributed by atoms with Crippen LogP contribution in [0.15, 0.2) is 66.7 Å². The second kappa shape index (κ2) is 9.05. The van der Waals surface area contributed by atoms with Gasteiger partial charge in [0.25, 0.3) is 0 Å². The molecular weight excluding hydrogens is 461 g/mol. The number of benzene rings is 3. The molecule has 1 fully saturated rings. The average molecular weight is 484 g/mol. The Balaban J connectivity index is 1.34. The number of rotatable bonds is 5. The smallest absolute Gasteiger partial charge is 0.142 e. The first-order valence-corrected chi connectivity index (χ1v) is 13.0. The number of thioether (sulfide) groups is 1. The molecule has 0 radical (unpaired) electrons. The second-order valence-electron chi connectivity index (χ2n) is 9.04. The van der Waals surface area contributed by atoms with Gasteiger partial charge in [-0.25, -0.2) is 9.37 Å². The maximum atomic E-state index is 13.7. The van der Waals surface area contributed by atoms with Crippen LogP contribution in [0.2, 0.25) is 5.02 Å². The van der Waals surface area contributed by atoms with Crippen molar-refractivity contribution in [1.82, 2.24) is 4.98 Å². The first kappa shape index (κ1) is 21.6. The number of aromatic nitrogens is 1. The third-order valence-electron chi connectivity index (χ3n) is 6.51. The van der Waals surface area contributed by atoms with E-state index in [0.717, 1.165) is 22.6 Å². The summed E-state index contributed by atoms with van der Waals surface area (Å²) in [5.74, 6) is 1.66. The van der Waals surface area contributed by atoms with Crippen LogP contribution in [0.4, 0.5) is 4.39 Å². The lowest BCUT2D eigenvalue weighted by atomic mass is 9.97. The second-order valence-corrected chi connectivity index (χ2v) is 10.6. The van der Waals surface area contributed by atoms with Crippen LogP contribution in [0.25, 0.3) is 35.2 Å². The number of halogens is 2. The molecule has 3 aromatic carbocycles. The first-order chi connectivity index (χ1) is 16.6. The minimum Gasteiger partial charge on any atom is -0.248 e. The van der Waals surface area contributed by atoms with Gasteiger partial charge in [0, 0.05) is 5.39 Å². The molecule has 1 unspecified atom stereocenters. The fourth-order valence-corrected chi connectivity index (χ4v) is 6.16. The van der Waals surface area contributed by atoms with Crippen LogP contribution < -0.4 is 0 Å². The van der Waals surface area contributed by atoms with Gasteiger partial charge < -0.3 is 0 Å². The quantitative estimate of drug-likeness (QED) is 0.281. The Morgan fingerprint density at radius 2 is 1.74 bits per heavy atom. The lowest BCUT2D eigenvalue weighted by Gasteiger charge is -2.20. The van der Waals surface area contributed by atoms with Crippen LogP contribution in [0.5, 0.6) is 0 Å². The zero-order valence-electron chi connectivity index (χ0n) is 18.5. The van der Waals surface area contributed by atoms with Crippen molar-refractivity contribution in [2.75, 3.05) is 5.75 Å². The zero-order chi connectivity index (χ0) is 23.1. The largest absolute Gasteiger partial charge is 0.248 e. The first-order valence-electron chi connectivity index (χ1n) is 11.6. The Labute approximate surface area is 208 Å². The van der Waals surface area contributed by atoms with Crippen LogP contribution in [0.3, 0.4) is 0 Å². The lowest BCUT2D eigenvalue weighted by Crippen LogP contribution is -2.02. The third-order valence-corrected chi connectivity index (χ3v) is 8.30. The van der Waals surface area contributed by atoms with Crippen LogP contribution in [-0.4, -0.2) is 10.7 Å². The van der Waals surface area contributed by atoms with Crippen molar-refractivity contribution >= 4 is 58.6 Å². The summed E-state index contributed by atoms with van der Waals surface area (Å²) in [5.41, 5.74) is 7.99. The summed E-state index contributed by atoms with van der Waals surface area (Å²) in [6.07, 6.45) is 11.3. The Bertz CT molecular complexity index is 1450. The SMILES string of the molecule is Fc1cc2ccc(C=Cc3ccc4c(c3)C(SCC3CC3)c3ccccc3C=C4)nc2cc1Cl. The van der Waals surface area contributed by atoms with Crippen LogP contribution >= 0.6 is 23.4 Å². The topological polar surface area (TPSA) is 12.9 Å². The van der Waals surface area contributed by atoms with Gasteiger partial charge in [-0.05, 0) is 82.7 Å². The Kier molecular flexibility index (Phi) is 5.76. The number of nitrogens with zero attached hydrogens (tertiary/aromatic N) is 1. The molecule has 168 valence electrons. The van der Waals surface area contributed by atoms with Crippen molar-refractivity contribution in [3.8, 4) is 0 Å². The zero-order valence-corrected chi connectivity index (χ0v) is 20.1. The molecular formula is C30H23ClFNS. The predicted octanol–water partition coefficient (Wildman–Crippen LogP) is 8.91. The Hall–Kier alpha value is -2.88. The average Bonchev–Trinajstić information content (AvgIpc) is 3.69. The van der Waals surface area contributed by atoms with Crippen LogP contribution in [0, 0.1) is 11.7 Å². The fraction of sp³-hybridized carbons (Fsp3) is 0.167. The maximum absolute atomic E-state index is 13.7. The molecule has 6 rings (SSSR count). The maximum Gasteiger partial charge on any atom is 0.142 e. The number of pyridine rings is 1. The third kappa shape index (κ3) is 4.43. The van der Waals surface area contributed by atoms with Gasteiger partial charge in [0.1, 0.15) is 5.82 Å². The standard InChI is InChI=1S/C30H23ClFNS/c31-27-17-29-23(16-28(27)32)12-14-24(33-29)13-8-19-7-9-22-11-10-21-3-1-2-4-25(21)30(26(22)15-19)34-18-20-5-6-20/h1-4,7-17,20,30H,5-6,18H2. The molecule has 2 aliphatic carbocycles. The molecule has 0 spiro atoms. The van der Waals surface area contributed by atoms with Gasteiger partial charge in [0.15, 0.2) is 0 Å². The minimum atomic E-state index is -0.422. The van der Waals surface area contributed by atoms with Gasteiger partial charge in [-0.2, -0.15) is 0 Å². The summed E-state index contributed by atoms with van der Waals surface area (Å²) < 4.78 is 13.7. The summed E-state index contributed by atoms with van der Waals surface area (Å²) in [7, 11) is 0. The van der Waals surface area contributed by atoms with E-state index in [2.05, 4.69) is 77.4 Å². The summed E-state index contributed by atoms with van der Waals surface area (Å²) >= 11 is 8.03. The van der Waals surface area contributed by atoms with Gasteiger partial charge in [-0.1, -0.05) is 72.3 Å².